The van der Waals surface area contributed by atoms with Crippen LogP contribution in [0.3, 0.4) is 0 Å². The summed E-state index contributed by atoms with van der Waals surface area (Å²) >= 11 is 7.24. The van der Waals surface area contributed by atoms with Crippen molar-refractivity contribution < 1.29 is 9.90 Å². The van der Waals surface area contributed by atoms with Crippen molar-refractivity contribution in [2.24, 2.45) is 0 Å². The third-order valence-electron chi connectivity index (χ3n) is 2.66. The smallest absolute Gasteiger partial charge is 0.352 e. The minimum atomic E-state index is -0.994. The highest BCUT2D eigenvalue weighted by Crippen LogP contribution is 2.28. The summed E-state index contributed by atoms with van der Waals surface area (Å²) in [5.41, 5.74) is 2.32. The first-order valence-electron chi connectivity index (χ1n) is 5.63. The lowest BCUT2D eigenvalue weighted by Crippen LogP contribution is -1.94. The Morgan fingerprint density at radius 3 is 2.85 bits per heavy atom. The molecule has 0 unspecified atom stereocenters. The van der Waals surface area contributed by atoms with Crippen molar-refractivity contribution >= 4 is 28.9 Å². The topological polar surface area (TPSA) is 78.9 Å². The third kappa shape index (κ3) is 2.43. The van der Waals surface area contributed by atoms with Gasteiger partial charge < -0.3 is 10.1 Å². The van der Waals surface area contributed by atoms with Crippen molar-refractivity contribution in [2.75, 3.05) is 0 Å². The highest BCUT2D eigenvalue weighted by atomic mass is 35.5. The van der Waals surface area contributed by atoms with Crippen LogP contribution in [-0.4, -0.2) is 26.0 Å². The zero-order valence-electron chi connectivity index (χ0n) is 10.0. The summed E-state index contributed by atoms with van der Waals surface area (Å²) in [6.07, 6.45) is 3.19. The second-order valence-electron chi connectivity index (χ2n) is 4.01. The SMILES string of the molecule is O=C(O)c1cc(-c2csc(-c3ccc(Cl)cn3)n2)c[nH]1. The molecule has 0 saturated heterocycles. The monoisotopic (exact) mass is 305 g/mol. The molecule has 0 amide bonds. The molecule has 0 saturated carbocycles. The van der Waals surface area contributed by atoms with E-state index in [1.54, 1.807) is 30.6 Å². The number of carboxylic acid groups (broad SMARTS) is 1. The lowest BCUT2D eigenvalue weighted by Gasteiger charge is -1.94. The number of H-pyrrole nitrogens is 1. The quantitative estimate of drug-likeness (QED) is 0.775. The van der Waals surface area contributed by atoms with Gasteiger partial charge in [-0.1, -0.05) is 11.6 Å². The molecule has 3 heterocycles. The van der Waals surface area contributed by atoms with E-state index in [-0.39, 0.29) is 5.69 Å². The summed E-state index contributed by atoms with van der Waals surface area (Å²) in [5, 5.41) is 12.1. The van der Waals surface area contributed by atoms with E-state index in [1.165, 1.54) is 11.3 Å². The van der Waals surface area contributed by atoms with Crippen molar-refractivity contribution in [1.29, 1.82) is 0 Å². The Bertz CT molecular complexity index is 764. The zero-order chi connectivity index (χ0) is 14.1. The number of hydrogen-bond acceptors (Lipinski definition) is 4. The molecule has 0 radical (unpaired) electrons. The standard InChI is InChI=1S/C13H8ClN3O2S/c14-8-1-2-9(16-5-8)12-17-11(6-20-12)7-3-10(13(18)19)15-4-7/h1-6,15H,(H,18,19). The molecular formula is C13H8ClN3O2S. The van der Waals surface area contributed by atoms with Gasteiger partial charge in [0.2, 0.25) is 0 Å². The van der Waals surface area contributed by atoms with E-state index in [0.717, 1.165) is 16.3 Å². The van der Waals surface area contributed by atoms with Crippen molar-refractivity contribution in [3.8, 4) is 22.0 Å². The average Bonchev–Trinajstić information content (AvgIpc) is 3.08. The van der Waals surface area contributed by atoms with E-state index >= 15 is 0 Å². The Hall–Kier alpha value is -2.18. The first kappa shape index (κ1) is 12.8. The fourth-order valence-corrected chi connectivity index (χ4v) is 2.61. The number of nitrogens with zero attached hydrogens (tertiary/aromatic N) is 2. The fourth-order valence-electron chi connectivity index (χ4n) is 1.69. The van der Waals surface area contributed by atoms with Gasteiger partial charge >= 0.3 is 5.97 Å². The Morgan fingerprint density at radius 1 is 1.35 bits per heavy atom. The minimum absolute atomic E-state index is 0.138. The van der Waals surface area contributed by atoms with Gasteiger partial charge in [-0.15, -0.1) is 11.3 Å². The first-order valence-corrected chi connectivity index (χ1v) is 6.89. The average molecular weight is 306 g/mol. The molecule has 0 spiro atoms. The molecular weight excluding hydrogens is 298 g/mol. The van der Waals surface area contributed by atoms with Crippen LogP contribution in [0.25, 0.3) is 22.0 Å². The van der Waals surface area contributed by atoms with Gasteiger partial charge in [-0.2, -0.15) is 0 Å². The number of pyridine rings is 1. The van der Waals surface area contributed by atoms with Gasteiger partial charge in [0.05, 0.1) is 16.4 Å². The second kappa shape index (κ2) is 5.07. The van der Waals surface area contributed by atoms with Gasteiger partial charge in [0, 0.05) is 23.3 Å². The Balaban J connectivity index is 1.93. The van der Waals surface area contributed by atoms with Crippen LogP contribution in [0.2, 0.25) is 5.02 Å². The van der Waals surface area contributed by atoms with Crippen LogP contribution in [0, 0.1) is 0 Å². The molecule has 2 N–H and O–H groups in total. The Morgan fingerprint density at radius 2 is 2.20 bits per heavy atom. The molecule has 100 valence electrons. The van der Waals surface area contributed by atoms with Crippen molar-refractivity contribution in [3.63, 3.8) is 0 Å². The summed E-state index contributed by atoms with van der Waals surface area (Å²) < 4.78 is 0. The van der Waals surface area contributed by atoms with Crippen molar-refractivity contribution in [1.82, 2.24) is 15.0 Å². The maximum Gasteiger partial charge on any atom is 0.352 e. The normalized spacial score (nSPS) is 10.7. The Labute approximate surface area is 122 Å². The number of aromatic carboxylic acids is 1. The first-order chi connectivity index (χ1) is 9.63. The van der Waals surface area contributed by atoms with Crippen molar-refractivity contribution in [3.05, 3.63) is 46.7 Å². The minimum Gasteiger partial charge on any atom is -0.477 e. The molecule has 0 fully saturated rings. The number of aromatic nitrogens is 3. The highest BCUT2D eigenvalue weighted by Gasteiger charge is 2.11. The summed E-state index contributed by atoms with van der Waals surface area (Å²) in [6, 6.07) is 5.10. The Kier molecular flexibility index (Phi) is 3.25. The predicted octanol–water partition coefficient (Wildman–Crippen LogP) is 3.55. The van der Waals surface area contributed by atoms with Crippen LogP contribution in [-0.2, 0) is 0 Å². The summed E-state index contributed by atoms with van der Waals surface area (Å²) in [7, 11) is 0. The van der Waals surface area contributed by atoms with Gasteiger partial charge in [-0.3, -0.25) is 4.98 Å². The van der Waals surface area contributed by atoms with Crippen LogP contribution in [0.1, 0.15) is 10.5 Å². The zero-order valence-corrected chi connectivity index (χ0v) is 11.6. The van der Waals surface area contributed by atoms with Crippen molar-refractivity contribution in [2.45, 2.75) is 0 Å². The van der Waals surface area contributed by atoms with Gasteiger partial charge in [0.25, 0.3) is 0 Å². The molecule has 20 heavy (non-hydrogen) atoms. The van der Waals surface area contributed by atoms with E-state index in [4.69, 9.17) is 16.7 Å². The maximum atomic E-state index is 10.8. The molecule has 0 aromatic carbocycles. The number of carbonyl (C=O) groups is 1. The van der Waals surface area contributed by atoms with Crippen LogP contribution < -0.4 is 0 Å². The molecule has 0 aliphatic heterocycles. The third-order valence-corrected chi connectivity index (χ3v) is 3.75. The van der Waals surface area contributed by atoms with Crippen LogP contribution in [0.4, 0.5) is 0 Å². The maximum absolute atomic E-state index is 10.8. The molecule has 0 atom stereocenters. The summed E-state index contributed by atoms with van der Waals surface area (Å²) in [6.45, 7) is 0. The number of carboxylic acids is 1. The number of thiazole rings is 1. The van der Waals surface area contributed by atoms with E-state index in [1.807, 2.05) is 5.38 Å². The molecule has 0 aliphatic rings. The van der Waals surface area contributed by atoms with Gasteiger partial charge in [-0.05, 0) is 18.2 Å². The molecule has 5 nitrogen and oxygen atoms in total. The largest absolute Gasteiger partial charge is 0.477 e. The molecule has 3 aromatic rings. The van der Waals surface area contributed by atoms with E-state index in [9.17, 15) is 4.79 Å². The second-order valence-corrected chi connectivity index (χ2v) is 5.30. The van der Waals surface area contributed by atoms with Crippen LogP contribution in [0.5, 0.6) is 0 Å². The van der Waals surface area contributed by atoms with E-state index < -0.39 is 5.97 Å². The summed E-state index contributed by atoms with van der Waals surface area (Å²) in [4.78, 5) is 22.2. The lowest BCUT2D eigenvalue weighted by molar-refractivity contribution is 0.0691. The number of rotatable bonds is 3. The number of aromatic amines is 1. The molecule has 0 aliphatic carbocycles. The molecule has 3 rings (SSSR count). The summed E-state index contributed by atoms with van der Waals surface area (Å²) in [5.74, 6) is -0.994. The number of halogens is 1. The van der Waals surface area contributed by atoms with E-state index in [0.29, 0.717) is 10.7 Å². The highest BCUT2D eigenvalue weighted by molar-refractivity contribution is 7.13. The fraction of sp³-hybridized carbons (Fsp3) is 0. The van der Waals surface area contributed by atoms with E-state index in [2.05, 4.69) is 15.0 Å². The molecule has 0 bridgehead atoms. The number of nitrogens with one attached hydrogen (secondary N) is 1. The van der Waals surface area contributed by atoms with Gasteiger partial charge in [0.15, 0.2) is 0 Å². The lowest BCUT2D eigenvalue weighted by atomic mass is 10.2. The van der Waals surface area contributed by atoms with Gasteiger partial charge in [0.1, 0.15) is 10.7 Å². The van der Waals surface area contributed by atoms with Gasteiger partial charge in [-0.25, -0.2) is 9.78 Å². The molecule has 3 aromatic heterocycles. The number of hydrogen-bond donors (Lipinski definition) is 2. The predicted molar refractivity (Wildman–Crippen MR) is 77.1 cm³/mol. The molecule has 7 heteroatoms. The van der Waals surface area contributed by atoms with Crippen LogP contribution in [0.15, 0.2) is 36.0 Å². The van der Waals surface area contributed by atoms with Crippen LogP contribution >= 0.6 is 22.9 Å².